The third kappa shape index (κ3) is 3.38. The summed E-state index contributed by atoms with van der Waals surface area (Å²) in [5.74, 6) is -1.44. The van der Waals surface area contributed by atoms with Crippen molar-refractivity contribution in [3.63, 3.8) is 0 Å². The Morgan fingerprint density at radius 3 is 2.50 bits per heavy atom. The summed E-state index contributed by atoms with van der Waals surface area (Å²) in [6.45, 7) is 4.44. The van der Waals surface area contributed by atoms with E-state index >= 15 is 0 Å². The molecule has 0 radical (unpaired) electrons. The molecule has 2 nitrogen and oxygen atoms in total. The topological polar surface area (TPSA) is 27.0 Å². The molecule has 92 valence electrons. The van der Waals surface area contributed by atoms with E-state index in [1.54, 1.807) is 4.90 Å². The predicted molar refractivity (Wildman–Crippen MR) is 54.6 cm³/mol. The molecule has 0 spiro atoms. The van der Waals surface area contributed by atoms with Gasteiger partial charge in [0.1, 0.15) is 0 Å². The highest BCUT2D eigenvalue weighted by Crippen LogP contribution is 2.29. The summed E-state index contributed by atoms with van der Waals surface area (Å²) < 4.78 is 37.4. The molecule has 5 heteroatoms. The van der Waals surface area contributed by atoms with Gasteiger partial charge in [-0.15, -0.1) is 0 Å². The average Bonchev–Trinajstić information content (AvgIpc) is 2.17. The zero-order chi connectivity index (χ0) is 12.3. The first-order valence-corrected chi connectivity index (χ1v) is 5.55. The van der Waals surface area contributed by atoms with E-state index in [9.17, 15) is 13.2 Å². The van der Waals surface area contributed by atoms with E-state index in [1.165, 1.54) is 6.07 Å². The number of rotatable bonds is 2. The van der Waals surface area contributed by atoms with Crippen LogP contribution < -0.4 is 0 Å². The molecular formula is C11H17F3N2. The quantitative estimate of drug-likeness (QED) is 0.734. The smallest absolute Gasteiger partial charge is 0.299 e. The van der Waals surface area contributed by atoms with Crippen LogP contribution in [0.1, 0.15) is 26.7 Å². The van der Waals surface area contributed by atoms with Crippen molar-refractivity contribution in [1.29, 1.82) is 5.26 Å². The molecule has 1 aliphatic rings. The van der Waals surface area contributed by atoms with Gasteiger partial charge in [0, 0.05) is 19.1 Å². The van der Waals surface area contributed by atoms with Gasteiger partial charge in [0.2, 0.25) is 0 Å². The maximum absolute atomic E-state index is 12.5. The first-order valence-electron chi connectivity index (χ1n) is 5.55. The van der Waals surface area contributed by atoms with Crippen LogP contribution in [0.25, 0.3) is 0 Å². The fourth-order valence-corrected chi connectivity index (χ4v) is 2.09. The van der Waals surface area contributed by atoms with Crippen LogP contribution in [0.3, 0.4) is 0 Å². The lowest BCUT2D eigenvalue weighted by molar-refractivity contribution is -0.165. The second-order valence-electron chi connectivity index (χ2n) is 4.71. The summed E-state index contributed by atoms with van der Waals surface area (Å²) in [6, 6.07) is 1.51. The first-order chi connectivity index (χ1) is 7.34. The maximum Gasteiger partial charge on any atom is 0.405 e. The summed E-state index contributed by atoms with van der Waals surface area (Å²) in [5, 5.41) is 8.55. The number of piperidine rings is 1. The van der Waals surface area contributed by atoms with Gasteiger partial charge < -0.3 is 0 Å². The number of nitriles is 1. The van der Waals surface area contributed by atoms with Gasteiger partial charge in [0.15, 0.2) is 5.92 Å². The van der Waals surface area contributed by atoms with Gasteiger partial charge in [-0.1, -0.05) is 6.92 Å². The minimum Gasteiger partial charge on any atom is -0.299 e. The van der Waals surface area contributed by atoms with E-state index in [-0.39, 0.29) is 12.6 Å². The lowest BCUT2D eigenvalue weighted by Crippen LogP contribution is -2.45. The molecule has 0 aromatic carbocycles. The zero-order valence-electron chi connectivity index (χ0n) is 9.59. The number of hydrogen-bond donors (Lipinski definition) is 0. The predicted octanol–water partition coefficient (Wildman–Crippen LogP) is 2.81. The largest absolute Gasteiger partial charge is 0.405 e. The summed E-state index contributed by atoms with van der Waals surface area (Å²) in [4.78, 5) is 1.79. The van der Waals surface area contributed by atoms with Gasteiger partial charge >= 0.3 is 6.18 Å². The van der Waals surface area contributed by atoms with Crippen molar-refractivity contribution in [2.24, 2.45) is 11.8 Å². The van der Waals surface area contributed by atoms with Crippen molar-refractivity contribution in [3.8, 4) is 6.07 Å². The SMILES string of the molecule is CC1CCC(C)N(CC(C#N)C(F)(F)F)C1. The molecule has 1 fully saturated rings. The minimum absolute atomic E-state index is 0.148. The van der Waals surface area contributed by atoms with Gasteiger partial charge in [-0.25, -0.2) is 0 Å². The van der Waals surface area contributed by atoms with E-state index in [1.807, 2.05) is 13.8 Å². The lowest BCUT2D eigenvalue weighted by Gasteiger charge is -2.37. The van der Waals surface area contributed by atoms with E-state index in [0.717, 1.165) is 12.8 Å². The van der Waals surface area contributed by atoms with Crippen LogP contribution in [-0.2, 0) is 0 Å². The molecule has 0 amide bonds. The van der Waals surface area contributed by atoms with Crippen LogP contribution in [-0.4, -0.2) is 30.2 Å². The molecule has 3 unspecified atom stereocenters. The molecule has 0 aromatic heterocycles. The fourth-order valence-electron chi connectivity index (χ4n) is 2.09. The molecular weight excluding hydrogens is 217 g/mol. The van der Waals surface area contributed by atoms with Crippen LogP contribution in [0.15, 0.2) is 0 Å². The molecule has 0 aliphatic carbocycles. The monoisotopic (exact) mass is 234 g/mol. The molecule has 1 heterocycles. The Bertz CT molecular complexity index is 269. The van der Waals surface area contributed by atoms with Gasteiger partial charge in [-0.3, -0.25) is 4.90 Å². The number of alkyl halides is 3. The zero-order valence-corrected chi connectivity index (χ0v) is 9.59. The highest BCUT2D eigenvalue weighted by molar-refractivity contribution is 4.92. The van der Waals surface area contributed by atoms with Gasteiger partial charge in [0.05, 0.1) is 6.07 Å². The standard InChI is InChI=1S/C11H17F3N2/c1-8-3-4-9(2)16(6-8)7-10(5-15)11(12,13)14/h8-10H,3-4,6-7H2,1-2H3. The Hall–Kier alpha value is -0.760. The maximum atomic E-state index is 12.5. The Morgan fingerprint density at radius 2 is 2.00 bits per heavy atom. The number of halogens is 3. The van der Waals surface area contributed by atoms with Gasteiger partial charge in [-0.2, -0.15) is 18.4 Å². The molecule has 0 aromatic rings. The fraction of sp³-hybridized carbons (Fsp3) is 0.909. The van der Waals surface area contributed by atoms with E-state index < -0.39 is 12.1 Å². The minimum atomic E-state index is -4.41. The molecule has 3 atom stereocenters. The highest BCUT2D eigenvalue weighted by atomic mass is 19.4. The van der Waals surface area contributed by atoms with Crippen molar-refractivity contribution >= 4 is 0 Å². The molecule has 1 saturated heterocycles. The van der Waals surface area contributed by atoms with Crippen LogP contribution in [0.2, 0.25) is 0 Å². The van der Waals surface area contributed by atoms with Crippen molar-refractivity contribution in [2.75, 3.05) is 13.1 Å². The molecule has 0 N–H and O–H groups in total. The van der Waals surface area contributed by atoms with Crippen molar-refractivity contribution in [2.45, 2.75) is 38.9 Å². The molecule has 1 rings (SSSR count). The molecule has 16 heavy (non-hydrogen) atoms. The normalized spacial score (nSPS) is 29.8. The van der Waals surface area contributed by atoms with Crippen molar-refractivity contribution in [1.82, 2.24) is 4.90 Å². The summed E-state index contributed by atoms with van der Waals surface area (Å²) >= 11 is 0. The second-order valence-corrected chi connectivity index (χ2v) is 4.71. The van der Waals surface area contributed by atoms with E-state index in [0.29, 0.717) is 12.5 Å². The lowest BCUT2D eigenvalue weighted by atomic mass is 9.94. The molecule has 0 bridgehead atoms. The number of hydrogen-bond acceptors (Lipinski definition) is 2. The third-order valence-electron chi connectivity index (χ3n) is 3.21. The van der Waals surface area contributed by atoms with Gasteiger partial charge in [-0.05, 0) is 25.7 Å². The summed E-state index contributed by atoms with van der Waals surface area (Å²) in [5.41, 5.74) is 0. The van der Waals surface area contributed by atoms with E-state index in [4.69, 9.17) is 5.26 Å². The van der Waals surface area contributed by atoms with Crippen LogP contribution in [0.4, 0.5) is 13.2 Å². The second kappa shape index (κ2) is 5.05. The number of likely N-dealkylation sites (tertiary alicyclic amines) is 1. The third-order valence-corrected chi connectivity index (χ3v) is 3.21. The van der Waals surface area contributed by atoms with E-state index in [2.05, 4.69) is 0 Å². The van der Waals surface area contributed by atoms with Crippen LogP contribution >= 0.6 is 0 Å². The number of nitrogens with zero attached hydrogens (tertiary/aromatic N) is 2. The Labute approximate surface area is 94.0 Å². The van der Waals surface area contributed by atoms with Gasteiger partial charge in [0.25, 0.3) is 0 Å². The van der Waals surface area contributed by atoms with Crippen LogP contribution in [0, 0.1) is 23.2 Å². The van der Waals surface area contributed by atoms with Crippen LogP contribution in [0.5, 0.6) is 0 Å². The van der Waals surface area contributed by atoms with Crippen molar-refractivity contribution in [3.05, 3.63) is 0 Å². The Morgan fingerprint density at radius 1 is 1.38 bits per heavy atom. The first kappa shape index (κ1) is 13.3. The molecule has 0 saturated carbocycles. The summed E-state index contributed by atoms with van der Waals surface area (Å²) in [7, 11) is 0. The highest BCUT2D eigenvalue weighted by Gasteiger charge is 2.42. The Balaban J connectivity index is 2.61. The summed E-state index contributed by atoms with van der Waals surface area (Å²) in [6.07, 6.45) is -2.44. The Kier molecular flexibility index (Phi) is 4.20. The molecule has 1 aliphatic heterocycles. The average molecular weight is 234 g/mol. The van der Waals surface area contributed by atoms with Crippen molar-refractivity contribution < 1.29 is 13.2 Å².